The Balaban J connectivity index is 3.49. The molecule has 0 aliphatic rings. The molecule has 21 heavy (non-hydrogen) atoms. The number of hydrogen-bond donors (Lipinski definition) is 0. The summed E-state index contributed by atoms with van der Waals surface area (Å²) in [5.41, 5.74) is 0.0642. The Morgan fingerprint density at radius 1 is 0.667 bits per heavy atom. The minimum Gasteiger partial charge on any atom is -0.300 e. The molecule has 0 spiro atoms. The molecular formula is C19H36O2. The third-order valence-electron chi connectivity index (χ3n) is 3.85. The molecular weight excluding hydrogens is 260 g/mol. The Morgan fingerprint density at radius 3 is 1.62 bits per heavy atom. The van der Waals surface area contributed by atoms with Gasteiger partial charge in [0.25, 0.3) is 0 Å². The van der Waals surface area contributed by atoms with Crippen LogP contribution in [0.15, 0.2) is 0 Å². The van der Waals surface area contributed by atoms with Crippen LogP contribution in [0.1, 0.15) is 99.3 Å². The lowest BCUT2D eigenvalue weighted by molar-refractivity contribution is -0.126. The first kappa shape index (κ1) is 20.3. The third-order valence-corrected chi connectivity index (χ3v) is 3.85. The standard InChI is InChI=1S/C19H36O2/c1-18(2,3)15-14-16(20)12-10-8-7-9-11-13-17(21)19(4,5)6/h7-15H2,1-6H3. The smallest absolute Gasteiger partial charge is 0.138 e. The number of unbranched alkanes of at least 4 members (excludes halogenated alkanes) is 4. The van der Waals surface area contributed by atoms with E-state index in [1.165, 1.54) is 0 Å². The number of hydrogen-bond acceptors (Lipinski definition) is 2. The van der Waals surface area contributed by atoms with Crippen molar-refractivity contribution < 1.29 is 9.59 Å². The molecule has 0 saturated heterocycles. The molecule has 0 atom stereocenters. The van der Waals surface area contributed by atoms with Gasteiger partial charge in [0.1, 0.15) is 11.6 Å². The third kappa shape index (κ3) is 12.8. The predicted molar refractivity (Wildman–Crippen MR) is 90.5 cm³/mol. The molecule has 0 N–H and O–H groups in total. The Kier molecular flexibility index (Phi) is 9.08. The van der Waals surface area contributed by atoms with Gasteiger partial charge in [-0.1, -0.05) is 60.8 Å². The highest BCUT2D eigenvalue weighted by atomic mass is 16.1. The zero-order valence-electron chi connectivity index (χ0n) is 15.2. The second kappa shape index (κ2) is 9.38. The van der Waals surface area contributed by atoms with Crippen LogP contribution in [-0.2, 0) is 9.59 Å². The first-order chi connectivity index (χ1) is 9.52. The molecule has 2 nitrogen and oxygen atoms in total. The molecule has 0 bridgehead atoms. The van der Waals surface area contributed by atoms with E-state index in [9.17, 15) is 9.59 Å². The van der Waals surface area contributed by atoms with Crippen molar-refractivity contribution in [1.29, 1.82) is 0 Å². The highest BCUT2D eigenvalue weighted by Gasteiger charge is 2.19. The monoisotopic (exact) mass is 296 g/mol. The molecule has 0 saturated carbocycles. The van der Waals surface area contributed by atoms with Gasteiger partial charge in [-0.3, -0.25) is 9.59 Å². The summed E-state index contributed by atoms with van der Waals surface area (Å²) < 4.78 is 0. The first-order valence-corrected chi connectivity index (χ1v) is 8.57. The molecule has 0 amide bonds. The van der Waals surface area contributed by atoms with E-state index < -0.39 is 0 Å². The zero-order chi connectivity index (χ0) is 16.5. The summed E-state index contributed by atoms with van der Waals surface area (Å²) in [5, 5.41) is 0. The average molecular weight is 296 g/mol. The number of ketones is 2. The SMILES string of the molecule is CC(C)(C)CCC(=O)CCCCCCCC(=O)C(C)(C)C. The molecule has 0 aromatic heterocycles. The second-order valence-corrected chi connectivity index (χ2v) is 8.54. The van der Waals surface area contributed by atoms with Crippen molar-refractivity contribution in [2.45, 2.75) is 99.3 Å². The van der Waals surface area contributed by atoms with Crippen LogP contribution in [0.5, 0.6) is 0 Å². The highest BCUT2D eigenvalue weighted by Crippen LogP contribution is 2.22. The lowest BCUT2D eigenvalue weighted by Gasteiger charge is -2.17. The molecule has 124 valence electrons. The van der Waals surface area contributed by atoms with Crippen molar-refractivity contribution in [3.8, 4) is 0 Å². The van der Waals surface area contributed by atoms with Crippen molar-refractivity contribution in [3.63, 3.8) is 0 Å². The van der Waals surface area contributed by atoms with E-state index in [0.717, 1.165) is 51.4 Å². The van der Waals surface area contributed by atoms with Crippen molar-refractivity contribution in [2.75, 3.05) is 0 Å². The molecule has 0 aromatic rings. The van der Waals surface area contributed by atoms with Gasteiger partial charge < -0.3 is 0 Å². The van der Waals surface area contributed by atoms with Crippen LogP contribution in [0.25, 0.3) is 0 Å². The fraction of sp³-hybridized carbons (Fsp3) is 0.895. The molecule has 0 aromatic carbocycles. The van der Waals surface area contributed by atoms with Gasteiger partial charge in [-0.2, -0.15) is 0 Å². The minimum absolute atomic E-state index is 0.195. The maximum Gasteiger partial charge on any atom is 0.138 e. The van der Waals surface area contributed by atoms with Gasteiger partial charge in [0.2, 0.25) is 0 Å². The van der Waals surface area contributed by atoms with E-state index in [1.807, 2.05) is 20.8 Å². The normalized spacial score (nSPS) is 12.5. The maximum absolute atomic E-state index is 11.8. The molecule has 0 radical (unpaired) electrons. The van der Waals surface area contributed by atoms with E-state index in [0.29, 0.717) is 18.0 Å². The Labute approximate surface area is 132 Å². The van der Waals surface area contributed by atoms with Crippen molar-refractivity contribution >= 4 is 11.6 Å². The number of Topliss-reactive ketones (excluding diaryl/α,β-unsaturated/α-hetero) is 2. The molecule has 0 unspecified atom stereocenters. The Bertz CT molecular complexity index is 315. The van der Waals surface area contributed by atoms with E-state index in [2.05, 4.69) is 20.8 Å². The molecule has 0 aliphatic heterocycles. The predicted octanol–water partition coefficient (Wildman–Crippen LogP) is 5.73. The largest absolute Gasteiger partial charge is 0.300 e. The van der Waals surface area contributed by atoms with Gasteiger partial charge in [-0.05, 0) is 24.7 Å². The van der Waals surface area contributed by atoms with Crippen LogP contribution < -0.4 is 0 Å². The summed E-state index contributed by atoms with van der Waals surface area (Å²) in [6.07, 6.45) is 8.52. The topological polar surface area (TPSA) is 34.1 Å². The lowest BCUT2D eigenvalue weighted by atomic mass is 9.87. The Hall–Kier alpha value is -0.660. The fourth-order valence-corrected chi connectivity index (χ4v) is 2.15. The van der Waals surface area contributed by atoms with Crippen LogP contribution in [-0.4, -0.2) is 11.6 Å². The summed E-state index contributed by atoms with van der Waals surface area (Å²) >= 11 is 0. The summed E-state index contributed by atoms with van der Waals surface area (Å²) in [4.78, 5) is 23.5. The van der Waals surface area contributed by atoms with Gasteiger partial charge in [-0.25, -0.2) is 0 Å². The Morgan fingerprint density at radius 2 is 1.14 bits per heavy atom. The summed E-state index contributed by atoms with van der Waals surface area (Å²) in [6, 6.07) is 0. The molecule has 0 rings (SSSR count). The summed E-state index contributed by atoms with van der Waals surface area (Å²) in [5.74, 6) is 0.771. The average Bonchev–Trinajstić information content (AvgIpc) is 2.32. The van der Waals surface area contributed by atoms with Crippen LogP contribution in [0.2, 0.25) is 0 Å². The molecule has 2 heteroatoms. The van der Waals surface area contributed by atoms with Crippen molar-refractivity contribution in [1.82, 2.24) is 0 Å². The highest BCUT2D eigenvalue weighted by molar-refractivity contribution is 5.83. The second-order valence-electron chi connectivity index (χ2n) is 8.54. The van der Waals surface area contributed by atoms with Crippen molar-refractivity contribution in [3.05, 3.63) is 0 Å². The van der Waals surface area contributed by atoms with Gasteiger partial charge in [0, 0.05) is 24.7 Å². The van der Waals surface area contributed by atoms with Gasteiger partial charge in [0.05, 0.1) is 0 Å². The minimum atomic E-state index is -0.195. The summed E-state index contributed by atoms with van der Waals surface area (Å²) in [7, 11) is 0. The lowest BCUT2D eigenvalue weighted by Crippen LogP contribution is -2.19. The molecule has 0 fully saturated rings. The van der Waals surface area contributed by atoms with Crippen LogP contribution >= 0.6 is 0 Å². The first-order valence-electron chi connectivity index (χ1n) is 8.57. The van der Waals surface area contributed by atoms with E-state index >= 15 is 0 Å². The van der Waals surface area contributed by atoms with Crippen LogP contribution in [0, 0.1) is 10.8 Å². The number of carbonyl (C=O) groups is 2. The van der Waals surface area contributed by atoms with E-state index in [-0.39, 0.29) is 10.8 Å². The van der Waals surface area contributed by atoms with Gasteiger partial charge in [-0.15, -0.1) is 0 Å². The number of rotatable bonds is 10. The van der Waals surface area contributed by atoms with E-state index in [1.54, 1.807) is 0 Å². The van der Waals surface area contributed by atoms with Gasteiger partial charge in [0.15, 0.2) is 0 Å². The van der Waals surface area contributed by atoms with Gasteiger partial charge >= 0.3 is 0 Å². The molecule has 0 aliphatic carbocycles. The van der Waals surface area contributed by atoms with E-state index in [4.69, 9.17) is 0 Å². The van der Waals surface area contributed by atoms with Crippen LogP contribution in [0.4, 0.5) is 0 Å². The number of carbonyl (C=O) groups excluding carboxylic acids is 2. The molecule has 0 heterocycles. The fourth-order valence-electron chi connectivity index (χ4n) is 2.15. The van der Waals surface area contributed by atoms with Crippen LogP contribution in [0.3, 0.4) is 0 Å². The zero-order valence-corrected chi connectivity index (χ0v) is 15.2. The quantitative estimate of drug-likeness (QED) is 0.483. The summed E-state index contributed by atoms with van der Waals surface area (Å²) in [6.45, 7) is 12.5. The maximum atomic E-state index is 11.8. The van der Waals surface area contributed by atoms with Crippen molar-refractivity contribution in [2.24, 2.45) is 10.8 Å².